The molecule has 1 amide bonds. The number of hydrogen-bond acceptors (Lipinski definition) is 5. The predicted octanol–water partition coefficient (Wildman–Crippen LogP) is 2.39. The molecule has 3 heterocycles. The Kier molecular flexibility index (Phi) is 4.35. The number of nitrogens with zero attached hydrogens (tertiary/aromatic N) is 5. The molecule has 0 aliphatic carbocycles. The number of ether oxygens (including phenoxy) is 1. The molecule has 1 saturated heterocycles. The molecule has 0 spiro atoms. The molecule has 0 saturated carbocycles. The lowest BCUT2D eigenvalue weighted by atomic mass is 10.2. The number of carbonyl (C=O) groups excluding carboxylic acids is 1. The van der Waals surface area contributed by atoms with Crippen molar-refractivity contribution in [3.05, 3.63) is 22.0 Å². The van der Waals surface area contributed by atoms with Crippen molar-refractivity contribution in [2.24, 2.45) is 0 Å². The summed E-state index contributed by atoms with van der Waals surface area (Å²) in [7, 11) is 0. The highest BCUT2D eigenvalue weighted by atomic mass is 127. The minimum absolute atomic E-state index is 0.246. The molecule has 1 aliphatic rings. The number of amides is 1. The van der Waals surface area contributed by atoms with Gasteiger partial charge in [-0.3, -0.25) is 0 Å². The Labute approximate surface area is 148 Å². The third-order valence-corrected chi connectivity index (χ3v) is 4.30. The van der Waals surface area contributed by atoms with Crippen LogP contribution in [0.4, 0.5) is 10.6 Å². The van der Waals surface area contributed by atoms with E-state index in [-0.39, 0.29) is 6.09 Å². The molecular formula is C15H20IN5O2. The van der Waals surface area contributed by atoms with E-state index in [0.29, 0.717) is 13.1 Å². The first-order chi connectivity index (χ1) is 10.8. The first kappa shape index (κ1) is 16.3. The Balaban J connectivity index is 1.66. The molecule has 0 aromatic carbocycles. The predicted molar refractivity (Wildman–Crippen MR) is 95.7 cm³/mol. The van der Waals surface area contributed by atoms with E-state index in [1.165, 1.54) is 0 Å². The van der Waals surface area contributed by atoms with Crippen LogP contribution in [0.1, 0.15) is 20.8 Å². The summed E-state index contributed by atoms with van der Waals surface area (Å²) in [5.41, 5.74) is 0.379. The van der Waals surface area contributed by atoms with Crippen LogP contribution < -0.4 is 4.90 Å². The molecule has 2 aromatic rings. The van der Waals surface area contributed by atoms with E-state index in [4.69, 9.17) is 4.74 Å². The van der Waals surface area contributed by atoms with Crippen molar-refractivity contribution in [3.63, 3.8) is 0 Å². The molecule has 1 aliphatic heterocycles. The van der Waals surface area contributed by atoms with Gasteiger partial charge in [0.25, 0.3) is 0 Å². The van der Waals surface area contributed by atoms with Crippen LogP contribution in [0.2, 0.25) is 0 Å². The third-order valence-electron chi connectivity index (χ3n) is 3.56. The zero-order valence-corrected chi connectivity index (χ0v) is 15.6. The van der Waals surface area contributed by atoms with Gasteiger partial charge in [-0.15, -0.1) is 5.10 Å². The molecule has 3 rings (SSSR count). The van der Waals surface area contributed by atoms with E-state index in [1.807, 2.05) is 37.4 Å². The van der Waals surface area contributed by atoms with Gasteiger partial charge in [0.2, 0.25) is 0 Å². The second-order valence-electron chi connectivity index (χ2n) is 6.50. The van der Waals surface area contributed by atoms with Crippen molar-refractivity contribution < 1.29 is 9.53 Å². The Morgan fingerprint density at radius 3 is 2.57 bits per heavy atom. The fraction of sp³-hybridized carbons (Fsp3) is 0.533. The molecule has 0 unspecified atom stereocenters. The minimum Gasteiger partial charge on any atom is -0.444 e. The zero-order valence-electron chi connectivity index (χ0n) is 13.5. The van der Waals surface area contributed by atoms with Crippen molar-refractivity contribution in [3.8, 4) is 0 Å². The number of hydrogen-bond donors (Lipinski definition) is 0. The molecule has 0 bridgehead atoms. The number of rotatable bonds is 1. The van der Waals surface area contributed by atoms with E-state index in [2.05, 4.69) is 37.6 Å². The summed E-state index contributed by atoms with van der Waals surface area (Å²) in [4.78, 5) is 20.3. The lowest BCUT2D eigenvalue weighted by Gasteiger charge is -2.36. The van der Waals surface area contributed by atoms with Gasteiger partial charge < -0.3 is 14.5 Å². The highest BCUT2D eigenvalue weighted by Gasteiger charge is 2.26. The maximum atomic E-state index is 12.1. The average molecular weight is 429 g/mol. The van der Waals surface area contributed by atoms with Crippen molar-refractivity contribution in [2.45, 2.75) is 26.4 Å². The monoisotopic (exact) mass is 429 g/mol. The molecule has 124 valence electrons. The summed E-state index contributed by atoms with van der Waals surface area (Å²) < 4.78 is 8.23. The van der Waals surface area contributed by atoms with Crippen molar-refractivity contribution in [2.75, 3.05) is 31.1 Å². The van der Waals surface area contributed by atoms with Crippen LogP contribution in [0.5, 0.6) is 0 Å². The summed E-state index contributed by atoms with van der Waals surface area (Å²) in [5, 5.41) is 4.63. The number of carbonyl (C=O) groups is 1. The highest BCUT2D eigenvalue weighted by Crippen LogP contribution is 2.17. The van der Waals surface area contributed by atoms with Crippen LogP contribution in [0, 0.1) is 3.70 Å². The number of aromatic nitrogens is 3. The Hall–Kier alpha value is -1.58. The SMILES string of the molecule is CC(C)(C)OC(=O)N1CCN(c2ccc3ncc(I)n3n2)CC1. The van der Waals surface area contributed by atoms with E-state index in [1.54, 1.807) is 11.1 Å². The van der Waals surface area contributed by atoms with Gasteiger partial charge in [-0.1, -0.05) is 0 Å². The third kappa shape index (κ3) is 3.67. The standard InChI is InChI=1S/C15H20IN5O2/c1-15(2,3)23-14(22)20-8-6-19(7-9-20)13-5-4-12-17-10-11(16)21(12)18-13/h4-5,10H,6-9H2,1-3H3. The summed E-state index contributed by atoms with van der Waals surface area (Å²) in [6.07, 6.45) is 1.55. The molecular weight excluding hydrogens is 409 g/mol. The molecule has 1 fully saturated rings. The van der Waals surface area contributed by atoms with Crippen LogP contribution in [-0.2, 0) is 4.74 Å². The van der Waals surface area contributed by atoms with Crippen LogP contribution in [-0.4, -0.2) is 57.4 Å². The normalized spacial score (nSPS) is 16.0. The van der Waals surface area contributed by atoms with Crippen molar-refractivity contribution >= 4 is 40.1 Å². The Morgan fingerprint density at radius 1 is 1.22 bits per heavy atom. The van der Waals surface area contributed by atoms with E-state index in [9.17, 15) is 4.79 Å². The van der Waals surface area contributed by atoms with E-state index in [0.717, 1.165) is 28.3 Å². The molecule has 0 N–H and O–H groups in total. The first-order valence-electron chi connectivity index (χ1n) is 7.57. The summed E-state index contributed by atoms with van der Waals surface area (Å²) in [6.45, 7) is 8.39. The Morgan fingerprint density at radius 2 is 1.91 bits per heavy atom. The van der Waals surface area contributed by atoms with Gasteiger partial charge in [0, 0.05) is 26.2 Å². The van der Waals surface area contributed by atoms with Gasteiger partial charge in [-0.05, 0) is 55.5 Å². The first-order valence-corrected chi connectivity index (χ1v) is 8.64. The number of halogens is 1. The fourth-order valence-corrected chi connectivity index (χ4v) is 2.94. The molecule has 0 atom stereocenters. The average Bonchev–Trinajstić information content (AvgIpc) is 2.87. The van der Waals surface area contributed by atoms with Crippen molar-refractivity contribution in [1.29, 1.82) is 0 Å². The van der Waals surface area contributed by atoms with E-state index < -0.39 is 5.60 Å². The molecule has 0 radical (unpaired) electrons. The molecule has 7 nitrogen and oxygen atoms in total. The fourth-order valence-electron chi connectivity index (χ4n) is 2.45. The number of anilines is 1. The number of piperazine rings is 1. The van der Waals surface area contributed by atoms with Crippen LogP contribution in [0.3, 0.4) is 0 Å². The summed E-state index contributed by atoms with van der Waals surface area (Å²) >= 11 is 2.22. The quantitative estimate of drug-likeness (QED) is 0.652. The number of fused-ring (bicyclic) bond motifs is 1. The minimum atomic E-state index is -0.459. The second kappa shape index (κ2) is 6.14. The van der Waals surface area contributed by atoms with Gasteiger partial charge in [-0.2, -0.15) is 0 Å². The van der Waals surface area contributed by atoms with Gasteiger partial charge in [0.1, 0.15) is 15.1 Å². The lowest BCUT2D eigenvalue weighted by Crippen LogP contribution is -2.50. The largest absolute Gasteiger partial charge is 0.444 e. The summed E-state index contributed by atoms with van der Waals surface area (Å²) in [5.74, 6) is 0.900. The molecule has 23 heavy (non-hydrogen) atoms. The molecule has 2 aromatic heterocycles. The van der Waals surface area contributed by atoms with Crippen LogP contribution in [0.15, 0.2) is 18.3 Å². The van der Waals surface area contributed by atoms with Crippen LogP contribution in [0.25, 0.3) is 5.65 Å². The summed E-state index contributed by atoms with van der Waals surface area (Å²) in [6, 6.07) is 3.94. The Bertz CT molecular complexity index is 716. The lowest BCUT2D eigenvalue weighted by molar-refractivity contribution is 0.0240. The van der Waals surface area contributed by atoms with Crippen molar-refractivity contribution in [1.82, 2.24) is 19.5 Å². The van der Waals surface area contributed by atoms with Gasteiger partial charge in [0.05, 0.1) is 6.20 Å². The smallest absolute Gasteiger partial charge is 0.410 e. The van der Waals surface area contributed by atoms with Crippen LogP contribution >= 0.6 is 22.6 Å². The molecule has 8 heteroatoms. The zero-order chi connectivity index (χ0) is 16.6. The van der Waals surface area contributed by atoms with Gasteiger partial charge in [-0.25, -0.2) is 14.3 Å². The van der Waals surface area contributed by atoms with Gasteiger partial charge in [0.15, 0.2) is 5.65 Å². The second-order valence-corrected chi connectivity index (χ2v) is 7.60. The number of imidazole rings is 1. The van der Waals surface area contributed by atoms with E-state index >= 15 is 0 Å². The topological polar surface area (TPSA) is 63.0 Å². The maximum absolute atomic E-state index is 12.1. The highest BCUT2D eigenvalue weighted by molar-refractivity contribution is 14.1. The maximum Gasteiger partial charge on any atom is 0.410 e. The van der Waals surface area contributed by atoms with Gasteiger partial charge >= 0.3 is 6.09 Å².